The van der Waals surface area contributed by atoms with Gasteiger partial charge >= 0.3 is 0 Å². The minimum absolute atomic E-state index is 0.0389. The molecule has 4 nitrogen and oxygen atoms in total. The molecule has 1 aliphatic rings. The van der Waals surface area contributed by atoms with Crippen LogP contribution in [-0.2, 0) is 6.54 Å². The third kappa shape index (κ3) is 3.34. The fourth-order valence-corrected chi connectivity index (χ4v) is 3.22. The van der Waals surface area contributed by atoms with E-state index in [4.69, 9.17) is 5.73 Å². The van der Waals surface area contributed by atoms with E-state index in [1.165, 1.54) is 24.9 Å². The minimum atomic E-state index is 0.0389. The molecule has 0 aliphatic carbocycles. The van der Waals surface area contributed by atoms with Crippen molar-refractivity contribution in [2.45, 2.75) is 38.4 Å². The van der Waals surface area contributed by atoms with Crippen LogP contribution in [0.25, 0.3) is 0 Å². The molecule has 1 unspecified atom stereocenters. The number of benzene rings is 1. The summed E-state index contributed by atoms with van der Waals surface area (Å²) in [5.74, 6) is 0. The number of hydrogen-bond acceptors (Lipinski definition) is 3. The SMILES string of the molecule is C[C@@H](N)c1cncn1C1CCCN(Cc2ccccc2)C1. The van der Waals surface area contributed by atoms with Crippen LogP contribution in [0.15, 0.2) is 42.9 Å². The summed E-state index contributed by atoms with van der Waals surface area (Å²) in [7, 11) is 0. The molecule has 0 spiro atoms. The molecule has 0 saturated carbocycles. The van der Waals surface area contributed by atoms with Crippen molar-refractivity contribution >= 4 is 0 Å². The normalized spacial score (nSPS) is 21.3. The Bertz CT molecular complexity index is 561. The van der Waals surface area contributed by atoms with Crippen molar-refractivity contribution in [2.24, 2.45) is 5.73 Å². The average molecular weight is 284 g/mol. The molecule has 0 amide bonds. The van der Waals surface area contributed by atoms with Gasteiger partial charge in [-0.2, -0.15) is 0 Å². The molecule has 1 saturated heterocycles. The topological polar surface area (TPSA) is 47.1 Å². The number of rotatable bonds is 4. The number of piperidine rings is 1. The highest BCUT2D eigenvalue weighted by atomic mass is 15.2. The molecule has 1 aromatic heterocycles. The van der Waals surface area contributed by atoms with E-state index in [9.17, 15) is 0 Å². The molecule has 1 aliphatic heterocycles. The summed E-state index contributed by atoms with van der Waals surface area (Å²) in [4.78, 5) is 6.83. The molecule has 1 fully saturated rings. The second-order valence-corrected chi connectivity index (χ2v) is 6.03. The van der Waals surface area contributed by atoms with Gasteiger partial charge in [0, 0.05) is 31.4 Å². The zero-order valence-electron chi connectivity index (χ0n) is 12.7. The van der Waals surface area contributed by atoms with Crippen LogP contribution in [0, 0.1) is 0 Å². The first kappa shape index (κ1) is 14.3. The van der Waals surface area contributed by atoms with Gasteiger partial charge in [-0.15, -0.1) is 0 Å². The smallest absolute Gasteiger partial charge is 0.0951 e. The summed E-state index contributed by atoms with van der Waals surface area (Å²) < 4.78 is 2.28. The van der Waals surface area contributed by atoms with Crippen molar-refractivity contribution < 1.29 is 0 Å². The Kier molecular flexibility index (Phi) is 4.36. The molecule has 3 rings (SSSR count). The monoisotopic (exact) mass is 284 g/mol. The Morgan fingerprint density at radius 2 is 2.14 bits per heavy atom. The average Bonchev–Trinajstić information content (AvgIpc) is 2.98. The molecule has 2 atom stereocenters. The van der Waals surface area contributed by atoms with Gasteiger partial charge in [0.2, 0.25) is 0 Å². The fourth-order valence-electron chi connectivity index (χ4n) is 3.22. The molecule has 4 heteroatoms. The molecule has 112 valence electrons. The third-order valence-corrected chi connectivity index (χ3v) is 4.29. The Hall–Kier alpha value is -1.65. The van der Waals surface area contributed by atoms with E-state index in [2.05, 4.69) is 44.8 Å². The van der Waals surface area contributed by atoms with Crippen LogP contribution in [-0.4, -0.2) is 27.5 Å². The largest absolute Gasteiger partial charge is 0.329 e. The molecule has 1 aromatic carbocycles. The maximum Gasteiger partial charge on any atom is 0.0951 e. The van der Waals surface area contributed by atoms with Crippen LogP contribution < -0.4 is 5.73 Å². The van der Waals surface area contributed by atoms with Crippen LogP contribution in [0.1, 0.15) is 43.1 Å². The minimum Gasteiger partial charge on any atom is -0.329 e. The van der Waals surface area contributed by atoms with Crippen molar-refractivity contribution in [3.8, 4) is 0 Å². The lowest BCUT2D eigenvalue weighted by molar-refractivity contribution is 0.168. The highest BCUT2D eigenvalue weighted by molar-refractivity contribution is 5.14. The first-order valence-corrected chi connectivity index (χ1v) is 7.77. The number of nitrogens with zero attached hydrogens (tertiary/aromatic N) is 3. The first-order valence-electron chi connectivity index (χ1n) is 7.77. The van der Waals surface area contributed by atoms with Crippen LogP contribution >= 0.6 is 0 Å². The van der Waals surface area contributed by atoms with Crippen molar-refractivity contribution in [3.05, 3.63) is 54.1 Å². The van der Waals surface area contributed by atoms with Crippen LogP contribution in [0.3, 0.4) is 0 Å². The first-order chi connectivity index (χ1) is 10.2. The predicted octanol–water partition coefficient (Wildman–Crippen LogP) is 2.74. The van der Waals surface area contributed by atoms with E-state index in [1.54, 1.807) is 0 Å². The van der Waals surface area contributed by atoms with Crippen molar-refractivity contribution in [3.63, 3.8) is 0 Å². The fraction of sp³-hybridized carbons (Fsp3) is 0.471. The van der Waals surface area contributed by atoms with E-state index in [0.717, 1.165) is 18.8 Å². The lowest BCUT2D eigenvalue weighted by atomic mass is 10.0. The van der Waals surface area contributed by atoms with Crippen molar-refractivity contribution in [1.29, 1.82) is 0 Å². The van der Waals surface area contributed by atoms with Gasteiger partial charge < -0.3 is 10.3 Å². The second-order valence-electron chi connectivity index (χ2n) is 6.03. The predicted molar refractivity (Wildman–Crippen MR) is 84.8 cm³/mol. The highest BCUT2D eigenvalue weighted by Gasteiger charge is 2.23. The number of hydrogen-bond donors (Lipinski definition) is 1. The van der Waals surface area contributed by atoms with Gasteiger partial charge in [0.05, 0.1) is 12.0 Å². The molecule has 2 aromatic rings. The zero-order chi connectivity index (χ0) is 14.7. The zero-order valence-corrected chi connectivity index (χ0v) is 12.7. The maximum absolute atomic E-state index is 6.05. The van der Waals surface area contributed by atoms with E-state index < -0.39 is 0 Å². The van der Waals surface area contributed by atoms with E-state index in [-0.39, 0.29) is 6.04 Å². The molecule has 21 heavy (non-hydrogen) atoms. The number of nitrogens with two attached hydrogens (primary N) is 1. The lowest BCUT2D eigenvalue weighted by Crippen LogP contribution is -2.36. The third-order valence-electron chi connectivity index (χ3n) is 4.29. The Balaban J connectivity index is 1.69. The van der Waals surface area contributed by atoms with E-state index in [0.29, 0.717) is 6.04 Å². The van der Waals surface area contributed by atoms with Gasteiger partial charge in [0.15, 0.2) is 0 Å². The Morgan fingerprint density at radius 1 is 1.33 bits per heavy atom. The second kappa shape index (κ2) is 6.41. The van der Waals surface area contributed by atoms with Crippen LogP contribution in [0.5, 0.6) is 0 Å². The lowest BCUT2D eigenvalue weighted by Gasteiger charge is -2.34. The van der Waals surface area contributed by atoms with Crippen LogP contribution in [0.4, 0.5) is 0 Å². The summed E-state index contributed by atoms with van der Waals surface area (Å²) >= 11 is 0. The number of likely N-dealkylation sites (tertiary alicyclic amines) is 1. The van der Waals surface area contributed by atoms with Crippen molar-refractivity contribution in [2.75, 3.05) is 13.1 Å². The molecule has 0 bridgehead atoms. The number of aromatic nitrogens is 2. The van der Waals surface area contributed by atoms with Crippen molar-refractivity contribution in [1.82, 2.24) is 14.5 Å². The standard InChI is InChI=1S/C17H24N4/c1-14(18)17-10-19-13-21(17)16-8-5-9-20(12-16)11-15-6-3-2-4-7-15/h2-4,6-7,10,13-14,16H,5,8-9,11-12,18H2,1H3/t14-,16?/m1/s1. The summed E-state index contributed by atoms with van der Waals surface area (Å²) in [5, 5.41) is 0. The quantitative estimate of drug-likeness (QED) is 0.939. The van der Waals surface area contributed by atoms with E-state index in [1.807, 2.05) is 19.4 Å². The molecule has 2 heterocycles. The summed E-state index contributed by atoms with van der Waals surface area (Å²) in [6.07, 6.45) is 6.28. The summed E-state index contributed by atoms with van der Waals surface area (Å²) in [6, 6.07) is 11.2. The van der Waals surface area contributed by atoms with Gasteiger partial charge in [-0.3, -0.25) is 4.90 Å². The van der Waals surface area contributed by atoms with Gasteiger partial charge in [-0.1, -0.05) is 30.3 Å². The summed E-state index contributed by atoms with van der Waals surface area (Å²) in [5.41, 5.74) is 8.58. The summed E-state index contributed by atoms with van der Waals surface area (Å²) in [6.45, 7) is 5.30. The number of imidazole rings is 1. The molecular weight excluding hydrogens is 260 g/mol. The maximum atomic E-state index is 6.05. The van der Waals surface area contributed by atoms with Gasteiger partial charge in [-0.05, 0) is 31.9 Å². The molecular formula is C17H24N4. The Labute approximate surface area is 126 Å². The van der Waals surface area contributed by atoms with Gasteiger partial charge in [-0.25, -0.2) is 4.98 Å². The van der Waals surface area contributed by atoms with E-state index >= 15 is 0 Å². The molecule has 0 radical (unpaired) electrons. The Morgan fingerprint density at radius 3 is 2.90 bits per heavy atom. The molecule has 2 N–H and O–H groups in total. The van der Waals surface area contributed by atoms with Crippen LogP contribution in [0.2, 0.25) is 0 Å². The van der Waals surface area contributed by atoms with Gasteiger partial charge in [0.1, 0.15) is 0 Å². The highest BCUT2D eigenvalue weighted by Crippen LogP contribution is 2.25. The van der Waals surface area contributed by atoms with Gasteiger partial charge in [0.25, 0.3) is 0 Å².